The van der Waals surface area contributed by atoms with Gasteiger partial charge in [0.2, 0.25) is 0 Å². The van der Waals surface area contributed by atoms with Crippen LogP contribution >= 0.6 is 0 Å². The third-order valence-electron chi connectivity index (χ3n) is 4.71. The predicted molar refractivity (Wildman–Crippen MR) is 107 cm³/mol. The Balaban J connectivity index is 2.51. The number of ether oxygens (including phenoxy) is 1. The van der Waals surface area contributed by atoms with Crippen LogP contribution in [0, 0.1) is 28.6 Å². The van der Waals surface area contributed by atoms with Crippen LogP contribution in [0.25, 0.3) is 0 Å². The minimum Gasteiger partial charge on any atom is -0.460 e. The molecular weight excluding hydrogens is 326 g/mol. The van der Waals surface area contributed by atoms with Gasteiger partial charge in [-0.3, -0.25) is 4.79 Å². The van der Waals surface area contributed by atoms with Crippen molar-refractivity contribution in [2.45, 2.75) is 85.7 Å². The minimum absolute atomic E-state index is 0.0165. The molecule has 0 amide bonds. The number of esters is 1. The SMILES string of the molecule is CC(C)(C)CC1CC(C(=N)/C=C/[C@@H](CCCO)CC(=O)OC(C)(C)C)C1. The van der Waals surface area contributed by atoms with E-state index in [1.54, 1.807) is 0 Å². The van der Waals surface area contributed by atoms with Crippen molar-refractivity contribution in [1.29, 1.82) is 5.41 Å². The Morgan fingerprint density at radius 1 is 1.23 bits per heavy atom. The standard InChI is InChI=1S/C22H39NO3/c1-21(2,3)15-17-12-18(13-17)19(23)10-9-16(8-7-11-24)14-20(25)26-22(4,5)6/h9-10,16-18,23-24H,7-8,11-15H2,1-6H3/b10-9+,23-19?/t16-,17?,18?/m1/s1. The summed E-state index contributed by atoms with van der Waals surface area (Å²) in [6.07, 6.45) is 8.97. The summed E-state index contributed by atoms with van der Waals surface area (Å²) >= 11 is 0. The maximum absolute atomic E-state index is 12.1. The maximum Gasteiger partial charge on any atom is 0.306 e. The smallest absolute Gasteiger partial charge is 0.306 e. The van der Waals surface area contributed by atoms with E-state index in [0.717, 1.165) is 25.2 Å². The lowest BCUT2D eigenvalue weighted by Gasteiger charge is -2.38. The molecule has 0 bridgehead atoms. The molecule has 1 saturated carbocycles. The molecule has 1 atom stereocenters. The molecule has 0 unspecified atom stereocenters. The van der Waals surface area contributed by atoms with E-state index in [1.165, 1.54) is 6.42 Å². The molecule has 0 aromatic rings. The number of aliphatic hydroxyl groups excluding tert-OH is 1. The predicted octanol–water partition coefficient (Wildman–Crippen LogP) is 5.15. The summed E-state index contributed by atoms with van der Waals surface area (Å²) in [5.41, 5.74) is 0.549. The highest BCUT2D eigenvalue weighted by atomic mass is 16.6. The number of nitrogens with one attached hydrogen (secondary N) is 1. The topological polar surface area (TPSA) is 70.4 Å². The highest BCUT2D eigenvalue weighted by Gasteiger charge is 2.33. The second-order valence-corrected chi connectivity index (χ2v) is 10.0. The highest BCUT2D eigenvalue weighted by Crippen LogP contribution is 2.41. The monoisotopic (exact) mass is 365 g/mol. The van der Waals surface area contributed by atoms with E-state index < -0.39 is 5.60 Å². The fraction of sp³-hybridized carbons (Fsp3) is 0.818. The first-order valence-electron chi connectivity index (χ1n) is 9.99. The molecule has 1 aliphatic rings. The third-order valence-corrected chi connectivity index (χ3v) is 4.71. The quantitative estimate of drug-likeness (QED) is 0.439. The fourth-order valence-corrected chi connectivity index (χ4v) is 3.62. The molecule has 0 aromatic heterocycles. The highest BCUT2D eigenvalue weighted by molar-refractivity contribution is 5.94. The molecule has 0 radical (unpaired) electrons. The molecule has 0 saturated heterocycles. The number of carbonyl (C=O) groups is 1. The number of rotatable bonds is 9. The van der Waals surface area contributed by atoms with E-state index in [4.69, 9.17) is 15.3 Å². The first-order valence-corrected chi connectivity index (χ1v) is 9.99. The molecule has 1 fully saturated rings. The molecule has 26 heavy (non-hydrogen) atoms. The van der Waals surface area contributed by atoms with Crippen LogP contribution in [0.4, 0.5) is 0 Å². The Labute approximate surface area is 159 Å². The Kier molecular flexibility index (Phi) is 8.52. The molecule has 1 aliphatic carbocycles. The second-order valence-electron chi connectivity index (χ2n) is 10.0. The van der Waals surface area contributed by atoms with Crippen LogP contribution in [-0.4, -0.2) is 29.0 Å². The van der Waals surface area contributed by atoms with Crippen molar-refractivity contribution in [2.24, 2.45) is 23.2 Å². The molecule has 0 aromatic carbocycles. The summed E-state index contributed by atoms with van der Waals surface area (Å²) in [5.74, 6) is 0.896. The van der Waals surface area contributed by atoms with E-state index in [2.05, 4.69) is 20.8 Å². The van der Waals surface area contributed by atoms with Crippen LogP contribution in [0.2, 0.25) is 0 Å². The average molecular weight is 366 g/mol. The Morgan fingerprint density at radius 3 is 2.35 bits per heavy atom. The first-order chi connectivity index (χ1) is 11.9. The molecule has 1 rings (SSSR count). The van der Waals surface area contributed by atoms with Crippen LogP contribution < -0.4 is 0 Å². The van der Waals surface area contributed by atoms with Crippen molar-refractivity contribution < 1.29 is 14.6 Å². The molecule has 150 valence electrons. The van der Waals surface area contributed by atoms with Gasteiger partial charge in [0.1, 0.15) is 5.60 Å². The van der Waals surface area contributed by atoms with Crippen LogP contribution in [0.1, 0.15) is 80.1 Å². The van der Waals surface area contributed by atoms with Gasteiger partial charge in [0, 0.05) is 18.2 Å². The molecule has 4 heteroatoms. The van der Waals surface area contributed by atoms with Crippen molar-refractivity contribution in [3.8, 4) is 0 Å². The summed E-state index contributed by atoms with van der Waals surface area (Å²) in [6.45, 7) is 12.5. The lowest BCUT2D eigenvalue weighted by molar-refractivity contribution is -0.155. The van der Waals surface area contributed by atoms with E-state index in [-0.39, 0.29) is 18.5 Å². The zero-order valence-corrected chi connectivity index (χ0v) is 17.6. The second kappa shape index (κ2) is 9.68. The zero-order valence-electron chi connectivity index (χ0n) is 17.6. The molecule has 0 spiro atoms. The van der Waals surface area contributed by atoms with Crippen molar-refractivity contribution in [1.82, 2.24) is 0 Å². The molecule has 0 aliphatic heterocycles. The minimum atomic E-state index is -0.483. The Hall–Kier alpha value is -1.16. The van der Waals surface area contributed by atoms with Gasteiger partial charge in [0.05, 0.1) is 6.42 Å². The molecular formula is C22H39NO3. The Bertz CT molecular complexity index is 490. The summed E-state index contributed by atoms with van der Waals surface area (Å²) in [5, 5.41) is 17.4. The van der Waals surface area contributed by atoms with E-state index in [1.807, 2.05) is 32.9 Å². The lowest BCUT2D eigenvalue weighted by atomic mass is 9.66. The number of hydrogen-bond acceptors (Lipinski definition) is 4. The third kappa shape index (κ3) is 9.51. The van der Waals surface area contributed by atoms with Gasteiger partial charge in [0.15, 0.2) is 0 Å². The summed E-state index contributed by atoms with van der Waals surface area (Å²) in [7, 11) is 0. The van der Waals surface area contributed by atoms with Crippen LogP contribution in [0.15, 0.2) is 12.2 Å². The largest absolute Gasteiger partial charge is 0.460 e. The van der Waals surface area contributed by atoms with Gasteiger partial charge in [0.25, 0.3) is 0 Å². The summed E-state index contributed by atoms with van der Waals surface area (Å²) in [4.78, 5) is 12.1. The summed E-state index contributed by atoms with van der Waals surface area (Å²) < 4.78 is 5.41. The van der Waals surface area contributed by atoms with Crippen molar-refractivity contribution in [2.75, 3.05) is 6.61 Å². The van der Waals surface area contributed by atoms with E-state index in [9.17, 15) is 4.79 Å². The van der Waals surface area contributed by atoms with E-state index >= 15 is 0 Å². The molecule has 2 N–H and O–H groups in total. The van der Waals surface area contributed by atoms with Gasteiger partial charge in [-0.05, 0) is 76.2 Å². The normalized spacial score (nSPS) is 22.1. The Morgan fingerprint density at radius 2 is 1.85 bits per heavy atom. The van der Waals surface area contributed by atoms with Gasteiger partial charge in [-0.2, -0.15) is 0 Å². The zero-order chi connectivity index (χ0) is 20.0. The van der Waals surface area contributed by atoms with Crippen LogP contribution in [0.5, 0.6) is 0 Å². The van der Waals surface area contributed by atoms with Crippen LogP contribution in [0.3, 0.4) is 0 Å². The number of hydrogen-bond donors (Lipinski definition) is 2. The van der Waals surface area contributed by atoms with Gasteiger partial charge in [-0.15, -0.1) is 0 Å². The molecule has 0 heterocycles. The fourth-order valence-electron chi connectivity index (χ4n) is 3.62. The number of aliphatic hydroxyl groups is 1. The maximum atomic E-state index is 12.1. The van der Waals surface area contributed by atoms with Crippen molar-refractivity contribution >= 4 is 11.7 Å². The van der Waals surface area contributed by atoms with E-state index in [0.29, 0.717) is 29.9 Å². The van der Waals surface area contributed by atoms with Gasteiger partial charge < -0.3 is 15.3 Å². The van der Waals surface area contributed by atoms with Crippen molar-refractivity contribution in [3.63, 3.8) is 0 Å². The number of carbonyl (C=O) groups excluding carboxylic acids is 1. The van der Waals surface area contributed by atoms with Gasteiger partial charge in [-0.25, -0.2) is 0 Å². The van der Waals surface area contributed by atoms with Crippen LogP contribution in [-0.2, 0) is 9.53 Å². The molecule has 4 nitrogen and oxygen atoms in total. The van der Waals surface area contributed by atoms with Gasteiger partial charge in [-0.1, -0.05) is 26.8 Å². The lowest BCUT2D eigenvalue weighted by Crippen LogP contribution is -2.31. The summed E-state index contributed by atoms with van der Waals surface area (Å²) in [6, 6.07) is 0. The average Bonchev–Trinajstić information content (AvgIpc) is 2.42. The first kappa shape index (κ1) is 22.9. The van der Waals surface area contributed by atoms with Crippen molar-refractivity contribution in [3.05, 3.63) is 12.2 Å². The number of allylic oxidation sites excluding steroid dienone is 2. The van der Waals surface area contributed by atoms with Gasteiger partial charge >= 0.3 is 5.97 Å².